The number of phenols is 2. The van der Waals surface area contributed by atoms with Gasteiger partial charge < -0.3 is 10.2 Å². The Morgan fingerprint density at radius 1 is 0.618 bits per heavy atom. The Morgan fingerprint density at radius 3 is 1.21 bits per heavy atom. The van der Waals surface area contributed by atoms with Crippen LogP contribution in [0.4, 0.5) is 0 Å². The minimum absolute atomic E-state index is 0.201. The van der Waals surface area contributed by atoms with Crippen LogP contribution in [0.25, 0.3) is 11.1 Å². The fourth-order valence-electron chi connectivity index (χ4n) is 4.79. The van der Waals surface area contributed by atoms with Crippen molar-refractivity contribution in [2.24, 2.45) is 0 Å². The van der Waals surface area contributed by atoms with Crippen molar-refractivity contribution in [3.8, 4) is 22.6 Å². The molecule has 0 aliphatic carbocycles. The molecule has 2 atom stereocenters. The fraction of sp³-hybridized carbons (Fsp3) is 0.625. The Balaban J connectivity index is 2.84. The molecule has 34 heavy (non-hydrogen) atoms. The smallest absolute Gasteiger partial charge is 0.127 e. The Labute approximate surface area is 209 Å². The van der Waals surface area contributed by atoms with E-state index in [2.05, 4.69) is 93.5 Å². The van der Waals surface area contributed by atoms with Crippen molar-refractivity contribution in [1.82, 2.24) is 0 Å². The number of unbranched alkanes of at least 4 members (excludes halogenated alkanes) is 2. The number of aromatic hydroxyl groups is 2. The van der Waals surface area contributed by atoms with Crippen LogP contribution in [0.2, 0.25) is 0 Å². The predicted octanol–water partition coefficient (Wildman–Crippen LogP) is 9.95. The van der Waals surface area contributed by atoms with Gasteiger partial charge in [0.25, 0.3) is 0 Å². The van der Waals surface area contributed by atoms with Crippen LogP contribution >= 0.6 is 0 Å². The second-order valence-electron chi connectivity index (χ2n) is 12.5. The third-order valence-corrected chi connectivity index (χ3v) is 7.29. The van der Waals surface area contributed by atoms with Gasteiger partial charge in [-0.15, -0.1) is 0 Å². The first-order valence-electron chi connectivity index (χ1n) is 13.5. The molecule has 0 saturated carbocycles. The van der Waals surface area contributed by atoms with Gasteiger partial charge in [0.2, 0.25) is 0 Å². The minimum Gasteiger partial charge on any atom is -0.507 e. The highest BCUT2D eigenvalue weighted by molar-refractivity contribution is 5.80. The van der Waals surface area contributed by atoms with Crippen LogP contribution in [0, 0.1) is 0 Å². The fourth-order valence-corrected chi connectivity index (χ4v) is 4.79. The van der Waals surface area contributed by atoms with Crippen molar-refractivity contribution in [1.29, 1.82) is 0 Å². The zero-order valence-electron chi connectivity index (χ0n) is 23.6. The van der Waals surface area contributed by atoms with Crippen LogP contribution in [0.5, 0.6) is 11.5 Å². The van der Waals surface area contributed by atoms with Gasteiger partial charge in [-0.1, -0.05) is 107 Å². The van der Waals surface area contributed by atoms with E-state index in [9.17, 15) is 10.2 Å². The molecule has 2 aromatic carbocycles. The van der Waals surface area contributed by atoms with Crippen LogP contribution in [-0.2, 0) is 10.8 Å². The molecule has 0 spiro atoms. The van der Waals surface area contributed by atoms with E-state index in [1.165, 1.54) is 36.8 Å². The van der Waals surface area contributed by atoms with E-state index in [1.54, 1.807) is 0 Å². The van der Waals surface area contributed by atoms with E-state index < -0.39 is 0 Å². The normalized spacial score (nSPS) is 14.3. The maximum atomic E-state index is 11.5. The van der Waals surface area contributed by atoms with Gasteiger partial charge in [-0.25, -0.2) is 0 Å². The van der Waals surface area contributed by atoms with E-state index in [-0.39, 0.29) is 10.8 Å². The summed E-state index contributed by atoms with van der Waals surface area (Å²) < 4.78 is 0. The molecule has 0 saturated heterocycles. The van der Waals surface area contributed by atoms with E-state index in [0.29, 0.717) is 23.3 Å². The van der Waals surface area contributed by atoms with Crippen molar-refractivity contribution in [2.75, 3.05) is 0 Å². The molecule has 0 aliphatic rings. The monoisotopic (exact) mass is 466 g/mol. The van der Waals surface area contributed by atoms with Gasteiger partial charge in [-0.3, -0.25) is 0 Å². The third-order valence-electron chi connectivity index (χ3n) is 7.29. The summed E-state index contributed by atoms with van der Waals surface area (Å²) >= 11 is 0. The SMILES string of the molecule is CCCCC(C)c1cc(-c2cc(C(C)CCCC)cc(C(C)(C)C)c2O)c(O)c(C(C)(C)C)c1. The number of phenolic OH excluding ortho intramolecular Hbond substituents is 2. The average molecular weight is 467 g/mol. The summed E-state index contributed by atoms with van der Waals surface area (Å²) in [6.45, 7) is 21.9. The maximum Gasteiger partial charge on any atom is 0.127 e. The van der Waals surface area contributed by atoms with Crippen molar-refractivity contribution < 1.29 is 10.2 Å². The van der Waals surface area contributed by atoms with Gasteiger partial charge in [0.15, 0.2) is 0 Å². The zero-order valence-corrected chi connectivity index (χ0v) is 23.6. The molecule has 0 fully saturated rings. The predicted molar refractivity (Wildman–Crippen MR) is 148 cm³/mol. The van der Waals surface area contributed by atoms with Gasteiger partial charge in [0.1, 0.15) is 11.5 Å². The average Bonchev–Trinajstić information content (AvgIpc) is 2.74. The lowest BCUT2D eigenvalue weighted by Gasteiger charge is -2.28. The van der Waals surface area contributed by atoms with Gasteiger partial charge in [-0.05, 0) is 58.8 Å². The van der Waals surface area contributed by atoms with Crippen LogP contribution < -0.4 is 0 Å². The highest BCUT2D eigenvalue weighted by atomic mass is 16.3. The maximum absolute atomic E-state index is 11.5. The number of hydrogen-bond donors (Lipinski definition) is 2. The molecular formula is C32H50O2. The van der Waals surface area contributed by atoms with Crippen molar-refractivity contribution in [3.63, 3.8) is 0 Å². The molecule has 2 nitrogen and oxygen atoms in total. The highest BCUT2D eigenvalue weighted by Gasteiger charge is 2.28. The summed E-state index contributed by atoms with van der Waals surface area (Å²) in [6.07, 6.45) is 6.97. The molecule has 0 radical (unpaired) electrons. The van der Waals surface area contributed by atoms with Gasteiger partial charge >= 0.3 is 0 Å². The third kappa shape index (κ3) is 6.58. The van der Waals surface area contributed by atoms with Gasteiger partial charge in [0, 0.05) is 22.3 Å². The molecule has 0 heterocycles. The molecule has 0 aliphatic heterocycles. The quantitative estimate of drug-likeness (QED) is 0.386. The summed E-state index contributed by atoms with van der Waals surface area (Å²) in [5, 5.41) is 23.1. The standard InChI is InChI=1S/C32H50O2/c1-11-13-15-21(3)23-17-25(29(33)27(19-23)31(5,6)7)26-18-24(22(4)16-14-12-2)20-28(30(26)34)32(8,9)10/h17-22,33-34H,11-16H2,1-10H3. The first-order valence-corrected chi connectivity index (χ1v) is 13.5. The molecule has 2 unspecified atom stereocenters. The van der Waals surface area contributed by atoms with E-state index >= 15 is 0 Å². The largest absolute Gasteiger partial charge is 0.507 e. The summed E-state index contributed by atoms with van der Waals surface area (Å²) in [6, 6.07) is 8.64. The zero-order chi connectivity index (χ0) is 25.8. The second kappa shape index (κ2) is 11.2. The molecule has 0 amide bonds. The Morgan fingerprint density at radius 2 is 0.941 bits per heavy atom. The van der Waals surface area contributed by atoms with Crippen molar-refractivity contribution >= 4 is 0 Å². The van der Waals surface area contributed by atoms with E-state index in [1.807, 2.05) is 0 Å². The van der Waals surface area contributed by atoms with Crippen LogP contribution in [0.1, 0.15) is 142 Å². The molecule has 0 aromatic heterocycles. The number of hydrogen-bond acceptors (Lipinski definition) is 2. The summed E-state index contributed by atoms with van der Waals surface area (Å²) in [5.41, 5.74) is 5.51. The summed E-state index contributed by atoms with van der Waals surface area (Å²) in [7, 11) is 0. The summed E-state index contributed by atoms with van der Waals surface area (Å²) in [5.74, 6) is 1.40. The number of rotatable bonds is 9. The van der Waals surface area contributed by atoms with Gasteiger partial charge in [0.05, 0.1) is 0 Å². The van der Waals surface area contributed by atoms with Crippen molar-refractivity contribution in [3.05, 3.63) is 46.5 Å². The molecule has 2 heteroatoms. The molecular weight excluding hydrogens is 416 g/mol. The molecule has 0 bridgehead atoms. The van der Waals surface area contributed by atoms with Gasteiger partial charge in [-0.2, -0.15) is 0 Å². The lowest BCUT2D eigenvalue weighted by atomic mass is 9.78. The van der Waals surface area contributed by atoms with Crippen LogP contribution in [-0.4, -0.2) is 10.2 Å². The molecule has 2 N–H and O–H groups in total. The lowest BCUT2D eigenvalue weighted by Crippen LogP contribution is -2.14. The first-order chi connectivity index (χ1) is 15.7. The van der Waals surface area contributed by atoms with E-state index in [4.69, 9.17) is 0 Å². The first kappa shape index (κ1) is 28.3. The van der Waals surface area contributed by atoms with Crippen LogP contribution in [0.3, 0.4) is 0 Å². The highest BCUT2D eigenvalue weighted by Crippen LogP contribution is 2.47. The topological polar surface area (TPSA) is 40.5 Å². The Hall–Kier alpha value is -1.96. The second-order valence-corrected chi connectivity index (χ2v) is 12.5. The summed E-state index contributed by atoms with van der Waals surface area (Å²) in [4.78, 5) is 0. The number of benzene rings is 2. The van der Waals surface area contributed by atoms with Crippen LogP contribution in [0.15, 0.2) is 24.3 Å². The molecule has 2 aromatic rings. The molecule has 2 rings (SSSR count). The van der Waals surface area contributed by atoms with Crippen molar-refractivity contribution in [2.45, 2.75) is 130 Å². The molecule has 190 valence electrons. The minimum atomic E-state index is -0.201. The lowest BCUT2D eigenvalue weighted by molar-refractivity contribution is 0.439. The Bertz CT molecular complexity index is 877. The van der Waals surface area contributed by atoms with E-state index in [0.717, 1.165) is 35.1 Å². The Kier molecular flexibility index (Phi) is 9.30.